The Hall–Kier alpha value is -4.39. The van der Waals surface area contributed by atoms with E-state index >= 15 is 4.39 Å². The van der Waals surface area contributed by atoms with Crippen molar-refractivity contribution in [2.75, 3.05) is 38.2 Å². The minimum absolute atomic E-state index is 0.179. The molecule has 266 valence electrons. The molecule has 1 atom stereocenters. The smallest absolute Gasteiger partial charge is 0.229 e. The maximum Gasteiger partial charge on any atom is 0.229 e. The van der Waals surface area contributed by atoms with E-state index in [0.29, 0.717) is 37.8 Å². The van der Waals surface area contributed by atoms with E-state index in [-0.39, 0.29) is 37.3 Å². The standard InChI is InChI=1S/C38H49FN8O3/c1-4-34-31(37(44-29-11-15-50-16-12-29)32-23-43-47(5-2)38(32)45-34)22-42-36(49)19-35(48)41-21-26-9-10-33(39)30(18-26)28-8-6-7-27(17-28)24-46-14-13-40-20-25(46)3/h6-10,17-18,23,25,29,40H,4-5,11-16,19-22,24H2,1-3H3,(H,41,48)(H,42,49)(H,44,45)/t25-/m0/s1. The summed E-state index contributed by atoms with van der Waals surface area (Å²) in [6.45, 7) is 12.5. The number of piperazine rings is 1. The highest BCUT2D eigenvalue weighted by Crippen LogP contribution is 2.31. The van der Waals surface area contributed by atoms with Gasteiger partial charge in [0.1, 0.15) is 12.2 Å². The summed E-state index contributed by atoms with van der Waals surface area (Å²) in [4.78, 5) is 33.3. The summed E-state index contributed by atoms with van der Waals surface area (Å²) in [5, 5.41) is 18.4. The number of aromatic nitrogens is 3. The van der Waals surface area contributed by atoms with E-state index in [1.54, 1.807) is 12.1 Å². The molecule has 2 fully saturated rings. The van der Waals surface area contributed by atoms with E-state index in [0.717, 1.165) is 83.7 Å². The maximum atomic E-state index is 15.0. The molecule has 0 saturated carbocycles. The Balaban J connectivity index is 1.08. The Morgan fingerprint density at radius 3 is 2.60 bits per heavy atom. The molecule has 2 amide bonds. The van der Waals surface area contributed by atoms with Crippen LogP contribution in [-0.2, 0) is 46.9 Å². The fraction of sp³-hybridized carbons (Fsp3) is 0.474. The normalized spacial score (nSPS) is 17.2. The quantitative estimate of drug-likeness (QED) is 0.152. The Labute approximate surface area is 293 Å². The van der Waals surface area contributed by atoms with E-state index in [2.05, 4.69) is 44.3 Å². The van der Waals surface area contributed by atoms with Crippen LogP contribution in [0.25, 0.3) is 22.2 Å². The molecule has 4 heterocycles. The van der Waals surface area contributed by atoms with Crippen molar-refractivity contribution in [1.82, 2.24) is 35.6 Å². The Morgan fingerprint density at radius 2 is 1.84 bits per heavy atom. The summed E-state index contributed by atoms with van der Waals surface area (Å²) in [6, 6.07) is 13.5. The molecule has 2 aliphatic rings. The average Bonchev–Trinajstić information content (AvgIpc) is 3.55. The molecule has 2 saturated heterocycles. The maximum absolute atomic E-state index is 15.0. The number of nitrogens with one attached hydrogen (secondary N) is 4. The lowest BCUT2D eigenvalue weighted by Crippen LogP contribution is -2.49. The molecule has 2 aromatic heterocycles. The molecule has 4 aromatic rings. The molecule has 0 radical (unpaired) electrons. The predicted molar refractivity (Wildman–Crippen MR) is 193 cm³/mol. The SMILES string of the molecule is CCc1nc2c(cnn2CC)c(NC2CCOCC2)c1CNC(=O)CC(=O)NCc1ccc(F)c(-c2cccc(CN3CCNC[C@@H]3C)c2)c1. The lowest BCUT2D eigenvalue weighted by atomic mass is 10.00. The molecule has 0 unspecified atom stereocenters. The second-order valence-electron chi connectivity index (χ2n) is 13.3. The van der Waals surface area contributed by atoms with Crippen LogP contribution in [0.5, 0.6) is 0 Å². The number of carbonyl (C=O) groups excluding carboxylic acids is 2. The van der Waals surface area contributed by atoms with Crippen molar-refractivity contribution in [3.8, 4) is 11.1 Å². The van der Waals surface area contributed by atoms with E-state index in [9.17, 15) is 9.59 Å². The number of aryl methyl sites for hydroxylation is 2. The molecule has 6 rings (SSSR count). The first-order valence-electron chi connectivity index (χ1n) is 17.9. The number of ether oxygens (including phenoxy) is 1. The summed E-state index contributed by atoms with van der Waals surface area (Å²) in [7, 11) is 0. The summed E-state index contributed by atoms with van der Waals surface area (Å²) in [5.41, 5.74) is 6.68. The summed E-state index contributed by atoms with van der Waals surface area (Å²) in [6.07, 6.45) is 3.96. The molecule has 2 aromatic carbocycles. The molecule has 50 heavy (non-hydrogen) atoms. The van der Waals surface area contributed by atoms with Crippen molar-refractivity contribution < 1.29 is 18.7 Å². The first-order chi connectivity index (χ1) is 24.3. The lowest BCUT2D eigenvalue weighted by molar-refractivity contribution is -0.129. The number of fused-ring (bicyclic) bond motifs is 1. The highest BCUT2D eigenvalue weighted by Gasteiger charge is 2.23. The monoisotopic (exact) mass is 684 g/mol. The van der Waals surface area contributed by atoms with Crippen LogP contribution in [0.4, 0.5) is 10.1 Å². The van der Waals surface area contributed by atoms with Gasteiger partial charge in [0.25, 0.3) is 0 Å². The van der Waals surface area contributed by atoms with Crippen molar-refractivity contribution in [2.24, 2.45) is 0 Å². The number of halogens is 1. The molecule has 0 bridgehead atoms. The van der Waals surface area contributed by atoms with Gasteiger partial charge in [0.15, 0.2) is 5.65 Å². The number of benzene rings is 2. The van der Waals surface area contributed by atoms with Crippen molar-refractivity contribution in [3.05, 3.63) is 76.9 Å². The number of hydrogen-bond donors (Lipinski definition) is 4. The van der Waals surface area contributed by atoms with Gasteiger partial charge in [0.05, 0.1) is 17.3 Å². The zero-order valence-corrected chi connectivity index (χ0v) is 29.4. The van der Waals surface area contributed by atoms with Gasteiger partial charge in [-0.15, -0.1) is 0 Å². The molecule has 0 aliphatic carbocycles. The van der Waals surface area contributed by atoms with Crippen LogP contribution in [0.15, 0.2) is 48.7 Å². The Morgan fingerprint density at radius 1 is 1.04 bits per heavy atom. The van der Waals surface area contributed by atoms with Crippen LogP contribution in [0.1, 0.15) is 62.4 Å². The van der Waals surface area contributed by atoms with Crippen molar-refractivity contribution in [2.45, 2.75) is 84.7 Å². The van der Waals surface area contributed by atoms with E-state index in [1.165, 1.54) is 6.07 Å². The Bertz CT molecular complexity index is 1800. The third kappa shape index (κ3) is 8.48. The van der Waals surface area contributed by atoms with Crippen molar-refractivity contribution in [1.29, 1.82) is 0 Å². The largest absolute Gasteiger partial charge is 0.381 e. The van der Waals surface area contributed by atoms with Crippen molar-refractivity contribution >= 4 is 28.5 Å². The fourth-order valence-electron chi connectivity index (χ4n) is 6.85. The zero-order chi connectivity index (χ0) is 35.0. The fourth-order valence-corrected chi connectivity index (χ4v) is 6.85. The van der Waals surface area contributed by atoms with Crippen LogP contribution in [-0.4, -0.2) is 76.4 Å². The number of carbonyl (C=O) groups is 2. The highest BCUT2D eigenvalue weighted by molar-refractivity contribution is 5.97. The number of nitrogens with zero attached hydrogens (tertiary/aromatic N) is 4. The van der Waals surface area contributed by atoms with E-state index in [4.69, 9.17) is 9.72 Å². The van der Waals surface area contributed by atoms with E-state index in [1.807, 2.05) is 42.9 Å². The molecule has 12 heteroatoms. The average molecular weight is 685 g/mol. The number of amides is 2. The summed E-state index contributed by atoms with van der Waals surface area (Å²) >= 11 is 0. The van der Waals surface area contributed by atoms with Gasteiger partial charge in [-0.2, -0.15) is 5.10 Å². The number of pyridine rings is 1. The van der Waals surface area contributed by atoms with Crippen LogP contribution in [0.2, 0.25) is 0 Å². The number of rotatable bonds is 13. The van der Waals surface area contributed by atoms with E-state index < -0.39 is 5.91 Å². The van der Waals surface area contributed by atoms with Crippen LogP contribution >= 0.6 is 0 Å². The number of anilines is 1. The van der Waals surface area contributed by atoms with Gasteiger partial charge in [-0.25, -0.2) is 14.1 Å². The summed E-state index contributed by atoms with van der Waals surface area (Å²) < 4.78 is 22.5. The van der Waals surface area contributed by atoms with Gasteiger partial charge < -0.3 is 26.0 Å². The highest BCUT2D eigenvalue weighted by atomic mass is 19.1. The second-order valence-corrected chi connectivity index (χ2v) is 13.3. The van der Waals surface area contributed by atoms with Crippen LogP contribution < -0.4 is 21.3 Å². The first kappa shape index (κ1) is 35.4. The molecule has 11 nitrogen and oxygen atoms in total. The van der Waals surface area contributed by atoms with Gasteiger partial charge >= 0.3 is 0 Å². The molecular weight excluding hydrogens is 635 g/mol. The van der Waals surface area contributed by atoms with Crippen molar-refractivity contribution in [3.63, 3.8) is 0 Å². The molecular formula is C38H49FN8O3. The predicted octanol–water partition coefficient (Wildman–Crippen LogP) is 4.53. The lowest BCUT2D eigenvalue weighted by Gasteiger charge is -2.34. The van der Waals surface area contributed by atoms with Gasteiger partial charge in [-0.05, 0) is 68.0 Å². The third-order valence-electron chi connectivity index (χ3n) is 9.74. The molecule has 4 N–H and O–H groups in total. The Kier molecular flexibility index (Phi) is 11.7. The third-order valence-corrected chi connectivity index (χ3v) is 9.74. The first-order valence-corrected chi connectivity index (χ1v) is 17.9. The zero-order valence-electron chi connectivity index (χ0n) is 29.4. The minimum Gasteiger partial charge on any atom is -0.381 e. The van der Waals surface area contributed by atoms with Crippen LogP contribution in [0.3, 0.4) is 0 Å². The molecule has 0 spiro atoms. The summed E-state index contributed by atoms with van der Waals surface area (Å²) in [5.74, 6) is -1.12. The second kappa shape index (κ2) is 16.5. The topological polar surface area (TPSA) is 125 Å². The minimum atomic E-state index is -0.408. The van der Waals surface area contributed by atoms with Gasteiger partial charge in [-0.1, -0.05) is 31.2 Å². The van der Waals surface area contributed by atoms with Gasteiger partial charge in [0.2, 0.25) is 11.8 Å². The number of hydrogen-bond acceptors (Lipinski definition) is 8. The van der Waals surface area contributed by atoms with Crippen LogP contribution in [0, 0.1) is 5.82 Å². The van der Waals surface area contributed by atoms with Gasteiger partial charge in [-0.3, -0.25) is 14.5 Å². The molecule has 2 aliphatic heterocycles. The van der Waals surface area contributed by atoms with Gasteiger partial charge in [0, 0.05) is 87.9 Å².